The molecule has 0 aromatic rings. The van der Waals surface area contributed by atoms with Crippen molar-refractivity contribution in [2.24, 2.45) is 0 Å². The largest absolute Gasteiger partial charge is 0.466 e. The van der Waals surface area contributed by atoms with Crippen LogP contribution in [-0.4, -0.2) is 54.5 Å². The number of rotatable bonds is 4. The Morgan fingerprint density at radius 1 is 1.44 bits per heavy atom. The summed E-state index contributed by atoms with van der Waals surface area (Å²) in [6.07, 6.45) is 3.25. The smallest absolute Gasteiger partial charge is 0.330 e. The number of nitrogens with zero attached hydrogens (tertiary/aromatic N) is 2. The van der Waals surface area contributed by atoms with Gasteiger partial charge in [0.15, 0.2) is 0 Å². The second-order valence-corrected chi connectivity index (χ2v) is 4.13. The maximum atomic E-state index is 11.8. The van der Waals surface area contributed by atoms with E-state index in [1.807, 2.05) is 0 Å². The van der Waals surface area contributed by atoms with Gasteiger partial charge in [-0.25, -0.2) is 4.79 Å². The molecule has 1 saturated heterocycles. The molecule has 1 atom stereocenters. The topological polar surface area (TPSA) is 66.9 Å². The number of likely N-dealkylation sites (tertiary alicyclic amines) is 1. The van der Waals surface area contributed by atoms with E-state index >= 15 is 0 Å². The molecule has 2 amide bonds. The molecule has 0 aromatic heterocycles. The van der Waals surface area contributed by atoms with E-state index in [-0.39, 0.29) is 18.0 Å². The van der Waals surface area contributed by atoms with Crippen LogP contribution in [0.1, 0.15) is 19.8 Å². The van der Waals surface area contributed by atoms with E-state index < -0.39 is 5.97 Å². The molecule has 0 aliphatic carbocycles. The first kappa shape index (κ1) is 14.2. The molecule has 6 nitrogen and oxygen atoms in total. The van der Waals surface area contributed by atoms with Crippen LogP contribution < -0.4 is 0 Å². The number of carbonyl (C=O) groups excluding carboxylic acids is 3. The Kier molecular flexibility index (Phi) is 4.88. The van der Waals surface area contributed by atoms with Gasteiger partial charge in [0, 0.05) is 32.2 Å². The van der Waals surface area contributed by atoms with Crippen molar-refractivity contribution in [2.75, 3.05) is 20.7 Å². The van der Waals surface area contributed by atoms with Crippen molar-refractivity contribution in [1.82, 2.24) is 9.80 Å². The second-order valence-electron chi connectivity index (χ2n) is 4.13. The molecule has 1 rings (SSSR count). The van der Waals surface area contributed by atoms with Crippen LogP contribution in [-0.2, 0) is 19.1 Å². The zero-order valence-corrected chi connectivity index (χ0v) is 10.9. The van der Waals surface area contributed by atoms with Gasteiger partial charge < -0.3 is 14.5 Å². The number of ether oxygens (including phenoxy) is 1. The maximum Gasteiger partial charge on any atom is 0.330 e. The molecule has 0 spiro atoms. The lowest BCUT2D eigenvalue weighted by Crippen LogP contribution is -2.47. The average Bonchev–Trinajstić information content (AvgIpc) is 2.79. The SMILES string of the molecule is COC(=O)/C=C\C(=O)N(C)C(C)N1CCCC1=O. The average molecular weight is 254 g/mol. The summed E-state index contributed by atoms with van der Waals surface area (Å²) in [5.74, 6) is -0.867. The Labute approximate surface area is 106 Å². The number of hydrogen-bond donors (Lipinski definition) is 0. The van der Waals surface area contributed by atoms with E-state index in [1.54, 1.807) is 18.9 Å². The van der Waals surface area contributed by atoms with Gasteiger partial charge in [0.05, 0.1) is 7.11 Å². The Hall–Kier alpha value is -1.85. The van der Waals surface area contributed by atoms with E-state index in [0.717, 1.165) is 18.6 Å². The van der Waals surface area contributed by atoms with Gasteiger partial charge in [0.1, 0.15) is 6.17 Å². The normalized spacial score (nSPS) is 17.1. The molecule has 1 unspecified atom stereocenters. The molecule has 18 heavy (non-hydrogen) atoms. The number of esters is 1. The molecule has 1 aliphatic rings. The van der Waals surface area contributed by atoms with Crippen LogP contribution in [0.15, 0.2) is 12.2 Å². The van der Waals surface area contributed by atoms with Gasteiger partial charge in [0.2, 0.25) is 11.8 Å². The minimum absolute atomic E-state index is 0.0547. The zero-order valence-electron chi connectivity index (χ0n) is 10.9. The Bertz CT molecular complexity index is 378. The Morgan fingerprint density at radius 3 is 2.61 bits per heavy atom. The number of carbonyl (C=O) groups is 3. The summed E-state index contributed by atoms with van der Waals surface area (Å²) in [5, 5.41) is 0. The number of methoxy groups -OCH3 is 1. The predicted octanol–water partition coefficient (Wildman–Crippen LogP) is 0.142. The van der Waals surface area contributed by atoms with E-state index in [9.17, 15) is 14.4 Å². The molecular formula is C12H18N2O4. The molecule has 0 N–H and O–H groups in total. The van der Waals surface area contributed by atoms with Gasteiger partial charge in [0.25, 0.3) is 0 Å². The molecule has 1 heterocycles. The molecular weight excluding hydrogens is 236 g/mol. The predicted molar refractivity (Wildman–Crippen MR) is 64.3 cm³/mol. The first-order chi connectivity index (χ1) is 8.47. The minimum atomic E-state index is -0.582. The van der Waals surface area contributed by atoms with Crippen molar-refractivity contribution >= 4 is 17.8 Å². The molecule has 0 bridgehead atoms. The molecule has 6 heteroatoms. The van der Waals surface area contributed by atoms with Crippen molar-refractivity contribution in [3.05, 3.63) is 12.2 Å². The lowest BCUT2D eigenvalue weighted by atomic mass is 10.3. The summed E-state index contributed by atoms with van der Waals surface area (Å²) >= 11 is 0. The fourth-order valence-electron chi connectivity index (χ4n) is 1.78. The maximum absolute atomic E-state index is 11.8. The van der Waals surface area contributed by atoms with Crippen molar-refractivity contribution < 1.29 is 19.1 Å². The summed E-state index contributed by atoms with van der Waals surface area (Å²) in [6.45, 7) is 2.45. The lowest BCUT2D eigenvalue weighted by Gasteiger charge is -2.31. The van der Waals surface area contributed by atoms with Gasteiger partial charge in [-0.15, -0.1) is 0 Å². The Morgan fingerprint density at radius 2 is 2.11 bits per heavy atom. The fourth-order valence-corrected chi connectivity index (χ4v) is 1.78. The summed E-state index contributed by atoms with van der Waals surface area (Å²) in [7, 11) is 2.84. The summed E-state index contributed by atoms with van der Waals surface area (Å²) in [5.41, 5.74) is 0. The number of hydrogen-bond acceptors (Lipinski definition) is 4. The van der Waals surface area contributed by atoms with Crippen LogP contribution in [0.2, 0.25) is 0 Å². The van der Waals surface area contributed by atoms with Crippen LogP contribution >= 0.6 is 0 Å². The molecule has 0 saturated carbocycles. The van der Waals surface area contributed by atoms with Crippen molar-refractivity contribution in [3.63, 3.8) is 0 Å². The van der Waals surface area contributed by atoms with E-state index in [0.29, 0.717) is 13.0 Å². The summed E-state index contributed by atoms with van der Waals surface area (Å²) < 4.78 is 4.40. The zero-order chi connectivity index (χ0) is 13.7. The van der Waals surface area contributed by atoms with E-state index in [2.05, 4.69) is 4.74 Å². The van der Waals surface area contributed by atoms with Gasteiger partial charge in [-0.05, 0) is 13.3 Å². The third-order valence-electron chi connectivity index (χ3n) is 3.03. The lowest BCUT2D eigenvalue weighted by molar-refractivity contribution is -0.139. The summed E-state index contributed by atoms with van der Waals surface area (Å²) in [6, 6.07) is 0. The molecule has 1 fully saturated rings. The van der Waals surface area contributed by atoms with Crippen LogP contribution in [0.25, 0.3) is 0 Å². The molecule has 1 aliphatic heterocycles. The monoisotopic (exact) mass is 254 g/mol. The summed E-state index contributed by atoms with van der Waals surface area (Å²) in [4.78, 5) is 37.3. The van der Waals surface area contributed by atoms with Gasteiger partial charge in [-0.1, -0.05) is 0 Å². The molecule has 100 valence electrons. The van der Waals surface area contributed by atoms with Crippen molar-refractivity contribution in [2.45, 2.75) is 25.9 Å². The highest BCUT2D eigenvalue weighted by atomic mass is 16.5. The highest BCUT2D eigenvalue weighted by molar-refractivity contribution is 5.94. The van der Waals surface area contributed by atoms with E-state index in [1.165, 1.54) is 12.0 Å². The third kappa shape index (κ3) is 3.32. The third-order valence-corrected chi connectivity index (χ3v) is 3.03. The van der Waals surface area contributed by atoms with Gasteiger partial charge in [-0.3, -0.25) is 9.59 Å². The highest BCUT2D eigenvalue weighted by Gasteiger charge is 2.28. The number of amides is 2. The molecule has 0 aromatic carbocycles. The quantitative estimate of drug-likeness (QED) is 0.529. The highest BCUT2D eigenvalue weighted by Crippen LogP contribution is 2.15. The van der Waals surface area contributed by atoms with Gasteiger partial charge in [-0.2, -0.15) is 0 Å². The van der Waals surface area contributed by atoms with Crippen molar-refractivity contribution in [3.8, 4) is 0 Å². The number of likely N-dealkylation sites (N-methyl/N-ethyl adjacent to an activating group) is 1. The minimum Gasteiger partial charge on any atom is -0.466 e. The molecule has 0 radical (unpaired) electrons. The fraction of sp³-hybridized carbons (Fsp3) is 0.583. The van der Waals surface area contributed by atoms with Crippen LogP contribution in [0.5, 0.6) is 0 Å². The first-order valence-corrected chi connectivity index (χ1v) is 5.79. The second kappa shape index (κ2) is 6.18. The van der Waals surface area contributed by atoms with Crippen molar-refractivity contribution in [1.29, 1.82) is 0 Å². The first-order valence-electron chi connectivity index (χ1n) is 5.79. The van der Waals surface area contributed by atoms with Crippen LogP contribution in [0, 0.1) is 0 Å². The standard InChI is InChI=1S/C12H18N2O4/c1-9(14-8-4-5-11(14)16)13(2)10(15)6-7-12(17)18-3/h6-7,9H,4-5,8H2,1-3H3/b7-6-. The van der Waals surface area contributed by atoms with Crippen LogP contribution in [0.3, 0.4) is 0 Å². The van der Waals surface area contributed by atoms with E-state index in [4.69, 9.17) is 0 Å². The Balaban J connectivity index is 2.60. The van der Waals surface area contributed by atoms with Gasteiger partial charge >= 0.3 is 5.97 Å². The van der Waals surface area contributed by atoms with Crippen LogP contribution in [0.4, 0.5) is 0 Å².